The van der Waals surface area contributed by atoms with Crippen LogP contribution in [0.3, 0.4) is 0 Å². The molecule has 0 saturated carbocycles. The summed E-state index contributed by atoms with van der Waals surface area (Å²) in [7, 11) is 0. The molecule has 11 heteroatoms. The van der Waals surface area contributed by atoms with Crippen LogP contribution >= 0.6 is 0 Å². The van der Waals surface area contributed by atoms with E-state index in [0.717, 1.165) is 16.5 Å². The van der Waals surface area contributed by atoms with E-state index in [2.05, 4.69) is 35.3 Å². The molecule has 3 N–H and O–H groups in total. The highest BCUT2D eigenvalue weighted by Gasteiger charge is 2.22. The zero-order valence-electron chi connectivity index (χ0n) is 18.5. The summed E-state index contributed by atoms with van der Waals surface area (Å²) in [5, 5.41) is 7.90. The van der Waals surface area contributed by atoms with Gasteiger partial charge in [0, 0.05) is 23.2 Å². The van der Waals surface area contributed by atoms with Gasteiger partial charge in [0.1, 0.15) is 24.1 Å². The fourth-order valence-corrected chi connectivity index (χ4v) is 3.60. The number of fused-ring (bicyclic) bond motifs is 1. The molecule has 0 saturated heterocycles. The number of amides is 1. The maximum Gasteiger partial charge on any atom is 0.274 e. The minimum absolute atomic E-state index is 0.00722. The standard InChI is InChI=1S/C23H21N9O2/c1-13(2)32-17(28-12-29-32)11-27-22(33)20-21(24)31-19(23-26-8-9-34-23)18(30-20)15-5-6-16-14(10-15)4-3-7-25-16/h3-10,12-13H,11H2,1-2H3,(H2,24,31)(H,27,33). The average molecular weight is 455 g/mol. The fourth-order valence-electron chi connectivity index (χ4n) is 3.60. The van der Waals surface area contributed by atoms with Crippen LogP contribution in [0.25, 0.3) is 33.7 Å². The van der Waals surface area contributed by atoms with E-state index in [1.807, 2.05) is 44.2 Å². The molecule has 34 heavy (non-hydrogen) atoms. The smallest absolute Gasteiger partial charge is 0.274 e. The zero-order chi connectivity index (χ0) is 23.7. The molecule has 5 rings (SSSR count). The lowest BCUT2D eigenvalue weighted by atomic mass is 10.1. The van der Waals surface area contributed by atoms with Crippen molar-refractivity contribution in [1.82, 2.24) is 40.0 Å². The molecular formula is C23H21N9O2. The van der Waals surface area contributed by atoms with Gasteiger partial charge in [-0.15, -0.1) is 0 Å². The highest BCUT2D eigenvalue weighted by Crippen LogP contribution is 2.31. The van der Waals surface area contributed by atoms with Gasteiger partial charge in [0.15, 0.2) is 17.2 Å². The number of rotatable bonds is 6. The van der Waals surface area contributed by atoms with Gasteiger partial charge >= 0.3 is 0 Å². The predicted octanol–water partition coefficient (Wildman–Crippen LogP) is 3.03. The molecule has 0 radical (unpaired) electrons. The van der Waals surface area contributed by atoms with Crippen molar-refractivity contribution < 1.29 is 9.21 Å². The van der Waals surface area contributed by atoms with Crippen LogP contribution in [-0.2, 0) is 6.54 Å². The first-order chi connectivity index (χ1) is 16.5. The summed E-state index contributed by atoms with van der Waals surface area (Å²) in [6.45, 7) is 4.13. The van der Waals surface area contributed by atoms with Crippen molar-refractivity contribution in [2.24, 2.45) is 0 Å². The number of oxazole rings is 1. The van der Waals surface area contributed by atoms with Gasteiger partial charge in [0.05, 0.1) is 18.3 Å². The van der Waals surface area contributed by atoms with Crippen molar-refractivity contribution in [3.63, 3.8) is 0 Å². The van der Waals surface area contributed by atoms with E-state index < -0.39 is 5.91 Å². The third-order valence-corrected chi connectivity index (χ3v) is 5.19. The number of nitrogens with one attached hydrogen (secondary N) is 1. The van der Waals surface area contributed by atoms with Gasteiger partial charge < -0.3 is 15.5 Å². The minimum Gasteiger partial charge on any atom is -0.443 e. The van der Waals surface area contributed by atoms with Crippen LogP contribution in [0.1, 0.15) is 36.2 Å². The lowest BCUT2D eigenvalue weighted by Crippen LogP contribution is -2.27. The van der Waals surface area contributed by atoms with E-state index in [-0.39, 0.29) is 30.0 Å². The highest BCUT2D eigenvalue weighted by atomic mass is 16.3. The molecule has 4 heterocycles. The van der Waals surface area contributed by atoms with Crippen LogP contribution in [0, 0.1) is 0 Å². The number of hydrogen-bond acceptors (Lipinski definition) is 9. The fraction of sp³-hybridized carbons (Fsp3) is 0.174. The summed E-state index contributed by atoms with van der Waals surface area (Å²) in [6, 6.07) is 9.55. The molecule has 1 amide bonds. The van der Waals surface area contributed by atoms with E-state index in [4.69, 9.17) is 10.2 Å². The minimum atomic E-state index is -0.481. The van der Waals surface area contributed by atoms with Gasteiger partial charge in [0.2, 0.25) is 5.89 Å². The highest BCUT2D eigenvalue weighted by molar-refractivity contribution is 5.98. The normalized spacial score (nSPS) is 11.3. The summed E-state index contributed by atoms with van der Waals surface area (Å²) in [5.74, 6) is 0.346. The molecule has 0 atom stereocenters. The monoisotopic (exact) mass is 455 g/mol. The summed E-state index contributed by atoms with van der Waals surface area (Å²) in [4.78, 5) is 34.8. The second-order valence-corrected chi connectivity index (χ2v) is 7.80. The van der Waals surface area contributed by atoms with E-state index in [9.17, 15) is 4.79 Å². The molecule has 0 fully saturated rings. The van der Waals surface area contributed by atoms with Crippen molar-refractivity contribution in [1.29, 1.82) is 0 Å². The number of pyridine rings is 1. The zero-order valence-corrected chi connectivity index (χ0v) is 18.5. The summed E-state index contributed by atoms with van der Waals surface area (Å²) < 4.78 is 7.19. The van der Waals surface area contributed by atoms with Crippen molar-refractivity contribution in [2.45, 2.75) is 26.4 Å². The van der Waals surface area contributed by atoms with Gasteiger partial charge in [-0.25, -0.2) is 24.6 Å². The van der Waals surface area contributed by atoms with Crippen molar-refractivity contribution >= 4 is 22.6 Å². The summed E-state index contributed by atoms with van der Waals surface area (Å²) in [5.41, 5.74) is 8.44. The Balaban J connectivity index is 1.54. The quantitative estimate of drug-likeness (QED) is 0.394. The molecule has 1 aromatic carbocycles. The Bertz CT molecular complexity index is 1480. The first kappa shape index (κ1) is 21.2. The predicted molar refractivity (Wildman–Crippen MR) is 124 cm³/mol. The number of nitrogens with zero attached hydrogens (tertiary/aromatic N) is 7. The van der Waals surface area contributed by atoms with Gasteiger partial charge in [-0.2, -0.15) is 5.10 Å². The summed E-state index contributed by atoms with van der Waals surface area (Å²) in [6.07, 6.45) is 6.12. The van der Waals surface area contributed by atoms with Crippen molar-refractivity contribution in [3.8, 4) is 22.8 Å². The van der Waals surface area contributed by atoms with Crippen molar-refractivity contribution in [3.05, 3.63) is 66.8 Å². The van der Waals surface area contributed by atoms with Crippen LogP contribution in [-0.4, -0.2) is 40.6 Å². The lowest BCUT2D eigenvalue weighted by molar-refractivity contribution is 0.0945. The second kappa shape index (κ2) is 8.70. The maximum absolute atomic E-state index is 13.0. The lowest BCUT2D eigenvalue weighted by Gasteiger charge is -2.13. The van der Waals surface area contributed by atoms with Gasteiger partial charge in [0.25, 0.3) is 5.91 Å². The first-order valence-electron chi connectivity index (χ1n) is 10.6. The Hall–Kier alpha value is -4.67. The Labute approximate surface area is 194 Å². The molecule has 11 nitrogen and oxygen atoms in total. The number of benzene rings is 1. The van der Waals surface area contributed by atoms with E-state index in [0.29, 0.717) is 17.2 Å². The topological polar surface area (TPSA) is 151 Å². The molecule has 0 bridgehead atoms. The largest absolute Gasteiger partial charge is 0.443 e. The number of aromatic nitrogens is 7. The Kier molecular flexibility index (Phi) is 5.42. The number of carbonyl (C=O) groups is 1. The molecule has 170 valence electrons. The van der Waals surface area contributed by atoms with Crippen LogP contribution < -0.4 is 11.1 Å². The molecule has 4 aromatic heterocycles. The number of nitrogen functional groups attached to an aromatic ring is 1. The van der Waals surface area contributed by atoms with Gasteiger partial charge in [-0.3, -0.25) is 9.78 Å². The number of carbonyl (C=O) groups excluding carboxylic acids is 1. The molecule has 0 spiro atoms. The second-order valence-electron chi connectivity index (χ2n) is 7.80. The molecule has 0 aliphatic heterocycles. The van der Waals surface area contributed by atoms with Crippen molar-refractivity contribution in [2.75, 3.05) is 5.73 Å². The van der Waals surface area contributed by atoms with Crippen LogP contribution in [0.5, 0.6) is 0 Å². The Morgan fingerprint density at radius 1 is 1.12 bits per heavy atom. The molecular weight excluding hydrogens is 434 g/mol. The third kappa shape index (κ3) is 3.94. The van der Waals surface area contributed by atoms with Gasteiger partial charge in [-0.1, -0.05) is 12.1 Å². The SMILES string of the molecule is CC(C)n1ncnc1CNC(=O)c1nc(-c2ccc3ncccc3c2)c(-c2ncco2)nc1N. The third-order valence-electron chi connectivity index (χ3n) is 5.19. The van der Waals surface area contributed by atoms with Crippen LogP contribution in [0.15, 0.2) is 59.7 Å². The van der Waals surface area contributed by atoms with E-state index in [1.165, 1.54) is 18.8 Å². The van der Waals surface area contributed by atoms with Gasteiger partial charge in [-0.05, 0) is 32.0 Å². The van der Waals surface area contributed by atoms with E-state index >= 15 is 0 Å². The van der Waals surface area contributed by atoms with Crippen LogP contribution in [0.4, 0.5) is 5.82 Å². The first-order valence-corrected chi connectivity index (χ1v) is 10.6. The maximum atomic E-state index is 13.0. The Morgan fingerprint density at radius 3 is 2.79 bits per heavy atom. The molecule has 0 aliphatic rings. The molecule has 0 unspecified atom stereocenters. The average Bonchev–Trinajstić information content (AvgIpc) is 3.54. The Morgan fingerprint density at radius 2 is 2.00 bits per heavy atom. The number of nitrogens with two attached hydrogens (primary N) is 1. The summed E-state index contributed by atoms with van der Waals surface area (Å²) >= 11 is 0. The number of anilines is 1. The molecule has 5 aromatic rings. The van der Waals surface area contributed by atoms with Crippen LogP contribution in [0.2, 0.25) is 0 Å². The number of hydrogen-bond donors (Lipinski definition) is 2. The van der Waals surface area contributed by atoms with E-state index in [1.54, 1.807) is 10.9 Å². The molecule has 0 aliphatic carbocycles.